The highest BCUT2D eigenvalue weighted by Crippen LogP contribution is 2.30. The Hall–Kier alpha value is -3.59. The van der Waals surface area contributed by atoms with Gasteiger partial charge in [0.05, 0.1) is 12.0 Å². The molecule has 0 spiro atoms. The summed E-state index contributed by atoms with van der Waals surface area (Å²) < 4.78 is 14.9. The monoisotopic (exact) mass is 399 g/mol. The minimum Gasteiger partial charge on any atom is -0.462 e. The van der Waals surface area contributed by atoms with Gasteiger partial charge >= 0.3 is 11.9 Å². The molecule has 3 rings (SSSR count). The van der Waals surface area contributed by atoms with Crippen LogP contribution >= 0.6 is 0 Å². The van der Waals surface area contributed by atoms with Crippen molar-refractivity contribution in [2.24, 2.45) is 5.73 Å². The molecule has 0 amide bonds. The first-order valence-corrected chi connectivity index (χ1v) is 8.79. The van der Waals surface area contributed by atoms with E-state index in [-0.39, 0.29) is 54.4 Å². The number of ether oxygens (including phenoxy) is 2. The Kier molecular flexibility index (Phi) is 5.99. The third-order valence-electron chi connectivity index (χ3n) is 4.14. The molecule has 29 heavy (non-hydrogen) atoms. The van der Waals surface area contributed by atoms with Crippen molar-refractivity contribution in [2.45, 2.75) is 12.8 Å². The van der Waals surface area contributed by atoms with Crippen LogP contribution in [0.1, 0.15) is 55.4 Å². The van der Waals surface area contributed by atoms with Crippen molar-refractivity contribution in [2.75, 3.05) is 19.8 Å². The maximum atomic E-state index is 12.5. The van der Waals surface area contributed by atoms with Gasteiger partial charge in [0.25, 0.3) is 0 Å². The van der Waals surface area contributed by atoms with Gasteiger partial charge in [-0.15, -0.1) is 0 Å². The first-order chi connectivity index (χ1) is 13.9. The van der Waals surface area contributed by atoms with Gasteiger partial charge in [-0.1, -0.05) is 24.3 Å². The molecule has 0 fully saturated rings. The lowest BCUT2D eigenvalue weighted by atomic mass is 9.88. The molecule has 0 saturated heterocycles. The first kappa shape index (κ1) is 20.2. The molecule has 2 aromatic rings. The van der Waals surface area contributed by atoms with E-state index in [4.69, 9.17) is 19.6 Å². The van der Waals surface area contributed by atoms with Crippen LogP contribution in [-0.2, 0) is 19.1 Å². The van der Waals surface area contributed by atoms with Crippen molar-refractivity contribution in [3.8, 4) is 0 Å². The molecule has 0 bridgehead atoms. The summed E-state index contributed by atoms with van der Waals surface area (Å²) in [6.07, 6.45) is -0.602. The standard InChI is InChI=1S/C20H17NO8/c21-6-5-16(23)27-7-8-28-17(24)10-14(22)15-9-13-18(25)11-3-1-2-4-12(11)19(26)20(13)29-15/h1-4,9H,5-8,10,21H2. The lowest BCUT2D eigenvalue weighted by Crippen LogP contribution is -2.18. The van der Waals surface area contributed by atoms with Crippen LogP contribution in [0, 0.1) is 0 Å². The Morgan fingerprint density at radius 3 is 2.17 bits per heavy atom. The summed E-state index contributed by atoms with van der Waals surface area (Å²) in [5.74, 6) is -3.56. The normalized spacial score (nSPS) is 12.2. The molecule has 0 atom stereocenters. The number of Topliss-reactive ketones (excluding diaryl/α,β-unsaturated/α-hetero) is 1. The lowest BCUT2D eigenvalue weighted by Gasteiger charge is -2.11. The Balaban J connectivity index is 1.60. The van der Waals surface area contributed by atoms with Gasteiger partial charge in [0.1, 0.15) is 19.6 Å². The maximum absolute atomic E-state index is 12.5. The highest BCUT2D eigenvalue weighted by molar-refractivity contribution is 6.28. The molecule has 1 heterocycles. The van der Waals surface area contributed by atoms with Crippen LogP contribution in [0.3, 0.4) is 0 Å². The number of furan rings is 1. The van der Waals surface area contributed by atoms with E-state index in [1.54, 1.807) is 12.1 Å². The van der Waals surface area contributed by atoms with Gasteiger partial charge in [-0.2, -0.15) is 0 Å². The quantitative estimate of drug-likeness (QED) is 0.254. The Bertz CT molecular complexity index is 951. The number of hydrogen-bond acceptors (Lipinski definition) is 9. The van der Waals surface area contributed by atoms with Crippen LogP contribution in [0.2, 0.25) is 0 Å². The molecule has 9 heteroatoms. The second-order valence-corrected chi connectivity index (χ2v) is 6.14. The summed E-state index contributed by atoms with van der Waals surface area (Å²) in [6, 6.07) is 7.43. The topological polar surface area (TPSA) is 143 Å². The van der Waals surface area contributed by atoms with Gasteiger partial charge in [0.2, 0.25) is 11.6 Å². The number of fused-ring (bicyclic) bond motifs is 2. The van der Waals surface area contributed by atoms with E-state index >= 15 is 0 Å². The summed E-state index contributed by atoms with van der Waals surface area (Å²) >= 11 is 0. The third-order valence-corrected chi connectivity index (χ3v) is 4.14. The van der Waals surface area contributed by atoms with Crippen LogP contribution in [0.25, 0.3) is 0 Å². The number of ketones is 3. The minimum atomic E-state index is -0.861. The van der Waals surface area contributed by atoms with Crippen LogP contribution in [0.4, 0.5) is 0 Å². The van der Waals surface area contributed by atoms with Crippen LogP contribution in [-0.4, -0.2) is 49.0 Å². The molecule has 0 unspecified atom stereocenters. The molecule has 1 aromatic carbocycles. The van der Waals surface area contributed by atoms with Crippen molar-refractivity contribution in [3.63, 3.8) is 0 Å². The van der Waals surface area contributed by atoms with Gasteiger partial charge in [-0.3, -0.25) is 24.0 Å². The van der Waals surface area contributed by atoms with Gasteiger partial charge in [0.15, 0.2) is 17.3 Å². The van der Waals surface area contributed by atoms with E-state index in [9.17, 15) is 24.0 Å². The van der Waals surface area contributed by atoms with E-state index < -0.39 is 35.7 Å². The van der Waals surface area contributed by atoms with E-state index in [0.29, 0.717) is 0 Å². The van der Waals surface area contributed by atoms with Crippen LogP contribution in [0.15, 0.2) is 34.7 Å². The lowest BCUT2D eigenvalue weighted by molar-refractivity contribution is -0.151. The van der Waals surface area contributed by atoms with E-state index in [2.05, 4.69) is 0 Å². The highest BCUT2D eigenvalue weighted by Gasteiger charge is 2.34. The molecular formula is C20H17NO8. The van der Waals surface area contributed by atoms with Gasteiger partial charge in [0, 0.05) is 17.7 Å². The Morgan fingerprint density at radius 1 is 0.897 bits per heavy atom. The molecule has 150 valence electrons. The molecule has 0 aliphatic heterocycles. The van der Waals surface area contributed by atoms with Gasteiger partial charge in [-0.25, -0.2) is 0 Å². The average molecular weight is 399 g/mol. The summed E-state index contributed by atoms with van der Waals surface area (Å²) in [6.45, 7) is -0.227. The second kappa shape index (κ2) is 8.61. The third kappa shape index (κ3) is 4.30. The van der Waals surface area contributed by atoms with Gasteiger partial charge in [-0.05, 0) is 6.07 Å². The molecule has 1 aliphatic rings. The number of nitrogens with two attached hydrogens (primary N) is 1. The van der Waals surface area contributed by atoms with Crippen molar-refractivity contribution < 1.29 is 37.9 Å². The SMILES string of the molecule is NCCC(=O)OCCOC(=O)CC(=O)c1cc2c(o1)C(=O)c1ccccc1C2=O. The van der Waals surface area contributed by atoms with Crippen molar-refractivity contribution in [3.05, 3.63) is 58.5 Å². The van der Waals surface area contributed by atoms with Crippen molar-refractivity contribution in [1.82, 2.24) is 0 Å². The summed E-state index contributed by atoms with van der Waals surface area (Å²) in [5.41, 5.74) is 5.61. The molecule has 2 N–H and O–H groups in total. The summed E-state index contributed by atoms with van der Waals surface area (Å²) in [5, 5.41) is 0. The Morgan fingerprint density at radius 2 is 1.52 bits per heavy atom. The van der Waals surface area contributed by atoms with E-state index in [1.165, 1.54) is 12.1 Å². The van der Waals surface area contributed by atoms with E-state index in [0.717, 1.165) is 6.07 Å². The summed E-state index contributed by atoms with van der Waals surface area (Å²) in [4.78, 5) is 60.2. The maximum Gasteiger partial charge on any atom is 0.313 e. The number of esters is 2. The zero-order chi connectivity index (χ0) is 21.0. The number of hydrogen-bond donors (Lipinski definition) is 1. The number of benzene rings is 1. The number of rotatable bonds is 8. The number of carbonyl (C=O) groups excluding carboxylic acids is 5. The first-order valence-electron chi connectivity index (χ1n) is 8.79. The fraction of sp³-hybridized carbons (Fsp3) is 0.250. The summed E-state index contributed by atoms with van der Waals surface area (Å²) in [7, 11) is 0. The van der Waals surface area contributed by atoms with Crippen LogP contribution in [0.5, 0.6) is 0 Å². The minimum absolute atomic E-state index is 0.0165. The highest BCUT2D eigenvalue weighted by atomic mass is 16.6. The molecule has 1 aliphatic carbocycles. The molecular weight excluding hydrogens is 382 g/mol. The molecule has 0 saturated carbocycles. The second-order valence-electron chi connectivity index (χ2n) is 6.14. The van der Waals surface area contributed by atoms with Gasteiger partial charge < -0.3 is 19.6 Å². The largest absolute Gasteiger partial charge is 0.462 e. The van der Waals surface area contributed by atoms with Crippen molar-refractivity contribution in [1.29, 1.82) is 0 Å². The zero-order valence-electron chi connectivity index (χ0n) is 15.3. The smallest absolute Gasteiger partial charge is 0.313 e. The molecule has 1 aromatic heterocycles. The zero-order valence-corrected chi connectivity index (χ0v) is 15.3. The molecule has 0 radical (unpaired) electrons. The predicted molar refractivity (Wildman–Crippen MR) is 96.6 cm³/mol. The fourth-order valence-corrected chi connectivity index (χ4v) is 2.78. The fourth-order valence-electron chi connectivity index (χ4n) is 2.78. The van der Waals surface area contributed by atoms with Crippen LogP contribution < -0.4 is 5.73 Å². The average Bonchev–Trinajstić information content (AvgIpc) is 3.16. The predicted octanol–water partition coefficient (Wildman–Crippen LogP) is 1.06. The Labute approximate surface area is 164 Å². The molecule has 9 nitrogen and oxygen atoms in total. The number of carbonyl (C=O) groups is 5. The van der Waals surface area contributed by atoms with Crippen molar-refractivity contribution >= 4 is 29.3 Å². The van der Waals surface area contributed by atoms with E-state index in [1.807, 2.05) is 0 Å².